The Hall–Kier alpha value is -2.37. The van der Waals surface area contributed by atoms with Crippen LogP contribution in [0.4, 0.5) is 11.4 Å². The largest absolute Gasteiger partial charge is 0.369 e. The molecule has 1 saturated heterocycles. The summed E-state index contributed by atoms with van der Waals surface area (Å²) in [6.07, 6.45) is 0.137. The molecule has 0 unspecified atom stereocenters. The molecule has 112 valence electrons. The highest BCUT2D eigenvalue weighted by molar-refractivity contribution is 6.01. The maximum atomic E-state index is 12.0. The van der Waals surface area contributed by atoms with Crippen LogP contribution in [0.25, 0.3) is 0 Å². The summed E-state index contributed by atoms with van der Waals surface area (Å²) in [5, 5.41) is 2.79. The Balaban J connectivity index is 2.16. The van der Waals surface area contributed by atoms with Crippen LogP contribution < -0.4 is 16.0 Å². The summed E-state index contributed by atoms with van der Waals surface area (Å²) in [4.78, 5) is 36.4. The highest BCUT2D eigenvalue weighted by Crippen LogP contribution is 2.27. The maximum Gasteiger partial charge on any atom is 0.227 e. The minimum absolute atomic E-state index is 0.0880. The molecule has 21 heavy (non-hydrogen) atoms. The van der Waals surface area contributed by atoms with Crippen LogP contribution in [0.5, 0.6) is 0 Å². The molecule has 0 spiro atoms. The van der Waals surface area contributed by atoms with Gasteiger partial charge in [0, 0.05) is 30.3 Å². The van der Waals surface area contributed by atoms with E-state index in [-0.39, 0.29) is 30.7 Å². The Morgan fingerprint density at radius 1 is 1.38 bits per heavy atom. The third kappa shape index (κ3) is 3.39. The predicted octanol–water partition coefficient (Wildman–Crippen LogP) is 1.12. The second-order valence-electron chi connectivity index (χ2n) is 5.50. The summed E-state index contributed by atoms with van der Waals surface area (Å²) in [5.41, 5.74) is 6.54. The molecule has 0 radical (unpaired) electrons. The van der Waals surface area contributed by atoms with E-state index < -0.39 is 11.8 Å². The molecule has 0 aliphatic carbocycles. The zero-order valence-corrected chi connectivity index (χ0v) is 12.1. The first-order valence-corrected chi connectivity index (χ1v) is 6.89. The fourth-order valence-corrected chi connectivity index (χ4v) is 2.19. The van der Waals surface area contributed by atoms with E-state index in [4.69, 9.17) is 5.73 Å². The molecule has 3 N–H and O–H groups in total. The van der Waals surface area contributed by atoms with Crippen LogP contribution in [0, 0.1) is 11.8 Å². The first-order chi connectivity index (χ1) is 9.88. The molecule has 1 aliphatic heterocycles. The molecule has 6 nitrogen and oxygen atoms in total. The van der Waals surface area contributed by atoms with E-state index in [0.29, 0.717) is 11.4 Å². The summed E-state index contributed by atoms with van der Waals surface area (Å²) < 4.78 is 0. The van der Waals surface area contributed by atoms with Crippen molar-refractivity contribution in [1.82, 2.24) is 0 Å². The summed E-state index contributed by atoms with van der Waals surface area (Å²) >= 11 is 0. The van der Waals surface area contributed by atoms with Crippen LogP contribution >= 0.6 is 0 Å². The van der Waals surface area contributed by atoms with Crippen LogP contribution in [0.1, 0.15) is 20.3 Å². The smallest absolute Gasteiger partial charge is 0.227 e. The number of benzene rings is 1. The van der Waals surface area contributed by atoms with Crippen molar-refractivity contribution in [2.45, 2.75) is 20.3 Å². The van der Waals surface area contributed by atoms with Crippen LogP contribution in [0.2, 0.25) is 0 Å². The molecule has 6 heteroatoms. The predicted molar refractivity (Wildman–Crippen MR) is 79.6 cm³/mol. The van der Waals surface area contributed by atoms with Gasteiger partial charge in [-0.25, -0.2) is 0 Å². The molecular weight excluding hydrogens is 270 g/mol. The first-order valence-electron chi connectivity index (χ1n) is 6.89. The highest BCUT2D eigenvalue weighted by atomic mass is 16.2. The lowest BCUT2D eigenvalue weighted by molar-refractivity contribution is -0.123. The molecule has 1 aromatic carbocycles. The van der Waals surface area contributed by atoms with E-state index in [0.717, 1.165) is 0 Å². The Bertz CT molecular complexity index is 583. The van der Waals surface area contributed by atoms with Gasteiger partial charge in [-0.2, -0.15) is 0 Å². The Morgan fingerprint density at radius 3 is 2.67 bits per heavy atom. The lowest BCUT2D eigenvalue weighted by Crippen LogP contribution is -2.28. The molecule has 1 fully saturated rings. The van der Waals surface area contributed by atoms with Crippen LogP contribution in [-0.2, 0) is 14.4 Å². The molecule has 1 aliphatic rings. The average molecular weight is 289 g/mol. The SMILES string of the molecule is CC(C)C(=O)Nc1cccc(N2C[C@@H](C(N)=O)CC2=O)c1. The standard InChI is InChI=1S/C15H19N3O3/c1-9(2)15(21)17-11-4-3-5-12(7-11)18-8-10(14(16)20)6-13(18)19/h3-5,7,9-10H,6,8H2,1-2H3,(H2,16,20)(H,17,21)/t10-/m0/s1. The zero-order chi connectivity index (χ0) is 15.6. The van der Waals surface area contributed by atoms with Crippen LogP contribution in [0.3, 0.4) is 0 Å². The lowest BCUT2D eigenvalue weighted by Gasteiger charge is -2.17. The van der Waals surface area contributed by atoms with Gasteiger partial charge in [0.05, 0.1) is 5.92 Å². The quantitative estimate of drug-likeness (QED) is 0.870. The minimum atomic E-state index is -0.463. The Morgan fingerprint density at radius 2 is 2.10 bits per heavy atom. The van der Waals surface area contributed by atoms with Crippen molar-refractivity contribution in [2.75, 3.05) is 16.8 Å². The van der Waals surface area contributed by atoms with Crippen LogP contribution in [-0.4, -0.2) is 24.3 Å². The first kappa shape index (κ1) is 15.0. The molecule has 0 saturated carbocycles. The average Bonchev–Trinajstić information content (AvgIpc) is 2.81. The number of rotatable bonds is 4. The molecule has 3 amide bonds. The van der Waals surface area contributed by atoms with Gasteiger partial charge in [-0.1, -0.05) is 19.9 Å². The van der Waals surface area contributed by atoms with Crippen molar-refractivity contribution >= 4 is 29.1 Å². The van der Waals surface area contributed by atoms with Gasteiger partial charge in [0.25, 0.3) is 0 Å². The van der Waals surface area contributed by atoms with Crippen molar-refractivity contribution < 1.29 is 14.4 Å². The second kappa shape index (κ2) is 5.95. The second-order valence-corrected chi connectivity index (χ2v) is 5.50. The molecule has 0 bridgehead atoms. The van der Waals surface area contributed by atoms with Crippen molar-refractivity contribution in [2.24, 2.45) is 17.6 Å². The molecule has 2 rings (SSSR count). The Kier molecular flexibility index (Phi) is 4.26. The highest BCUT2D eigenvalue weighted by Gasteiger charge is 2.33. The van der Waals surface area contributed by atoms with Gasteiger partial charge in [0.15, 0.2) is 0 Å². The number of nitrogens with zero attached hydrogens (tertiary/aromatic N) is 1. The fraction of sp³-hybridized carbons (Fsp3) is 0.400. The van der Waals surface area contributed by atoms with Gasteiger partial charge in [0.2, 0.25) is 17.7 Å². The topological polar surface area (TPSA) is 92.5 Å². The number of nitrogens with one attached hydrogen (secondary N) is 1. The molecular formula is C15H19N3O3. The summed E-state index contributed by atoms with van der Waals surface area (Å²) in [6, 6.07) is 7.01. The van der Waals surface area contributed by atoms with Gasteiger partial charge in [0.1, 0.15) is 0 Å². The number of hydrogen-bond acceptors (Lipinski definition) is 3. The summed E-state index contributed by atoms with van der Waals surface area (Å²) in [7, 11) is 0. The third-order valence-electron chi connectivity index (χ3n) is 3.48. The molecule has 1 atom stereocenters. The van der Waals surface area contributed by atoms with Gasteiger partial charge in [-0.3, -0.25) is 14.4 Å². The Labute approximate surface area is 123 Å². The monoisotopic (exact) mass is 289 g/mol. The summed E-state index contributed by atoms with van der Waals surface area (Å²) in [6.45, 7) is 3.90. The lowest BCUT2D eigenvalue weighted by atomic mass is 10.1. The minimum Gasteiger partial charge on any atom is -0.369 e. The number of carbonyl (C=O) groups excluding carboxylic acids is 3. The number of carbonyl (C=O) groups is 3. The van der Waals surface area contributed by atoms with Gasteiger partial charge >= 0.3 is 0 Å². The number of hydrogen-bond donors (Lipinski definition) is 2. The van der Waals surface area contributed by atoms with E-state index in [1.54, 1.807) is 38.1 Å². The van der Waals surface area contributed by atoms with Gasteiger partial charge in [-0.15, -0.1) is 0 Å². The third-order valence-corrected chi connectivity index (χ3v) is 3.48. The molecule has 1 aromatic rings. The van der Waals surface area contributed by atoms with E-state index in [2.05, 4.69) is 5.32 Å². The van der Waals surface area contributed by atoms with Crippen molar-refractivity contribution in [3.8, 4) is 0 Å². The number of amides is 3. The maximum absolute atomic E-state index is 12.0. The van der Waals surface area contributed by atoms with E-state index in [1.165, 1.54) is 4.90 Å². The normalized spacial score (nSPS) is 18.1. The number of primary amides is 1. The van der Waals surface area contributed by atoms with Crippen molar-refractivity contribution in [3.63, 3.8) is 0 Å². The van der Waals surface area contributed by atoms with Crippen molar-refractivity contribution in [1.29, 1.82) is 0 Å². The number of anilines is 2. The van der Waals surface area contributed by atoms with E-state index >= 15 is 0 Å². The fourth-order valence-electron chi connectivity index (χ4n) is 2.19. The van der Waals surface area contributed by atoms with Crippen LogP contribution in [0.15, 0.2) is 24.3 Å². The number of nitrogens with two attached hydrogens (primary N) is 1. The van der Waals surface area contributed by atoms with E-state index in [9.17, 15) is 14.4 Å². The van der Waals surface area contributed by atoms with E-state index in [1.807, 2.05) is 0 Å². The summed E-state index contributed by atoms with van der Waals surface area (Å²) in [5.74, 6) is -1.26. The molecule has 1 heterocycles. The van der Waals surface area contributed by atoms with Gasteiger partial charge < -0.3 is 16.0 Å². The zero-order valence-electron chi connectivity index (χ0n) is 12.1. The van der Waals surface area contributed by atoms with Gasteiger partial charge in [-0.05, 0) is 18.2 Å². The van der Waals surface area contributed by atoms with Crippen molar-refractivity contribution in [3.05, 3.63) is 24.3 Å². The molecule has 0 aromatic heterocycles.